The summed E-state index contributed by atoms with van der Waals surface area (Å²) >= 11 is 0. The molecule has 0 saturated heterocycles. The molecule has 1 aromatic rings. The molecule has 1 N–H and O–H groups in total. The predicted octanol–water partition coefficient (Wildman–Crippen LogP) is 2.55. The van der Waals surface area contributed by atoms with Gasteiger partial charge in [-0.15, -0.1) is 0 Å². The molecule has 0 fully saturated rings. The fraction of sp³-hybridized carbons (Fsp3) is 0.417. The summed E-state index contributed by atoms with van der Waals surface area (Å²) < 4.78 is 38.2. The topological polar surface area (TPSA) is 47.3 Å². The molecule has 18 heavy (non-hydrogen) atoms. The van der Waals surface area contributed by atoms with Gasteiger partial charge < -0.3 is 10.0 Å². The lowest BCUT2D eigenvalue weighted by Crippen LogP contribution is -2.19. The van der Waals surface area contributed by atoms with Crippen LogP contribution in [0, 0.1) is 11.3 Å². The highest BCUT2D eigenvalue weighted by Crippen LogP contribution is 2.34. The molecule has 0 unspecified atom stereocenters. The number of halogens is 3. The molecule has 0 spiro atoms. The minimum Gasteiger partial charge on any atom is -0.392 e. The summed E-state index contributed by atoms with van der Waals surface area (Å²) in [5.41, 5.74) is -0.624. The van der Waals surface area contributed by atoms with E-state index in [2.05, 4.69) is 0 Å². The Labute approximate surface area is 103 Å². The van der Waals surface area contributed by atoms with Gasteiger partial charge in [-0.25, -0.2) is 0 Å². The fourth-order valence-corrected chi connectivity index (χ4v) is 1.55. The number of rotatable bonds is 4. The Morgan fingerprint density at radius 3 is 2.56 bits per heavy atom. The molecule has 1 rings (SSSR count). The Hall–Kier alpha value is -1.74. The van der Waals surface area contributed by atoms with Gasteiger partial charge in [0.25, 0.3) is 0 Å². The Kier molecular flexibility index (Phi) is 4.56. The second-order valence-corrected chi connectivity index (χ2v) is 3.83. The van der Waals surface area contributed by atoms with Crippen LogP contribution in [0.3, 0.4) is 0 Å². The van der Waals surface area contributed by atoms with Crippen LogP contribution in [0.4, 0.5) is 18.9 Å². The second-order valence-electron chi connectivity index (χ2n) is 3.83. The maximum absolute atomic E-state index is 12.7. The van der Waals surface area contributed by atoms with Crippen LogP contribution in [-0.4, -0.2) is 18.7 Å². The molecule has 0 bridgehead atoms. The minimum atomic E-state index is -4.50. The maximum Gasteiger partial charge on any atom is 0.416 e. The van der Waals surface area contributed by atoms with Crippen LogP contribution in [0.5, 0.6) is 0 Å². The Balaban J connectivity index is 3.07. The van der Waals surface area contributed by atoms with Gasteiger partial charge in [0.15, 0.2) is 0 Å². The highest BCUT2D eigenvalue weighted by molar-refractivity contribution is 5.51. The number of aliphatic hydroxyl groups is 1. The van der Waals surface area contributed by atoms with Crippen LogP contribution in [-0.2, 0) is 12.8 Å². The number of aliphatic hydroxyl groups excluding tert-OH is 1. The van der Waals surface area contributed by atoms with Crippen LogP contribution in [0.25, 0.3) is 0 Å². The van der Waals surface area contributed by atoms with Crippen molar-refractivity contribution in [1.29, 1.82) is 5.26 Å². The average molecular weight is 258 g/mol. The highest BCUT2D eigenvalue weighted by Gasteiger charge is 2.33. The summed E-state index contributed by atoms with van der Waals surface area (Å²) in [5, 5.41) is 17.3. The van der Waals surface area contributed by atoms with E-state index in [0.717, 1.165) is 6.07 Å². The smallest absolute Gasteiger partial charge is 0.392 e. The molecule has 0 heterocycles. The molecule has 0 atom stereocenters. The van der Waals surface area contributed by atoms with Crippen LogP contribution in [0.2, 0.25) is 0 Å². The van der Waals surface area contributed by atoms with Gasteiger partial charge in [0.05, 0.1) is 24.7 Å². The van der Waals surface area contributed by atoms with Crippen LogP contribution < -0.4 is 4.90 Å². The number of nitrogens with zero attached hydrogens (tertiary/aromatic N) is 2. The number of benzene rings is 1. The summed E-state index contributed by atoms with van der Waals surface area (Å²) in [6, 6.07) is 5.67. The Morgan fingerprint density at radius 2 is 2.06 bits per heavy atom. The quantitative estimate of drug-likeness (QED) is 0.902. The standard InChI is InChI=1S/C12H13F3N2O/c1-17(6-2-5-16)10-4-3-9(8-18)11(7-10)12(13,14)15/h3-4,7,18H,2,6,8H2,1H3. The van der Waals surface area contributed by atoms with Crippen molar-refractivity contribution >= 4 is 5.69 Å². The van der Waals surface area contributed by atoms with E-state index in [1.54, 1.807) is 11.9 Å². The van der Waals surface area contributed by atoms with Crippen molar-refractivity contribution in [3.05, 3.63) is 29.3 Å². The van der Waals surface area contributed by atoms with Crippen molar-refractivity contribution in [2.45, 2.75) is 19.2 Å². The number of anilines is 1. The first-order valence-electron chi connectivity index (χ1n) is 5.29. The van der Waals surface area contributed by atoms with Crippen molar-refractivity contribution in [3.63, 3.8) is 0 Å². The molecule has 0 aliphatic heterocycles. The average Bonchev–Trinajstić information content (AvgIpc) is 2.34. The molecular weight excluding hydrogens is 245 g/mol. The van der Waals surface area contributed by atoms with Gasteiger partial charge >= 0.3 is 6.18 Å². The molecule has 98 valence electrons. The second kappa shape index (κ2) is 5.74. The normalized spacial score (nSPS) is 11.1. The summed E-state index contributed by atoms with van der Waals surface area (Å²) in [6.07, 6.45) is -4.26. The van der Waals surface area contributed by atoms with E-state index in [-0.39, 0.29) is 12.0 Å². The van der Waals surface area contributed by atoms with Crippen molar-refractivity contribution in [2.24, 2.45) is 0 Å². The van der Waals surface area contributed by atoms with E-state index in [9.17, 15) is 13.2 Å². The van der Waals surface area contributed by atoms with E-state index in [1.807, 2.05) is 6.07 Å². The zero-order valence-corrected chi connectivity index (χ0v) is 9.83. The largest absolute Gasteiger partial charge is 0.416 e. The SMILES string of the molecule is CN(CCC#N)c1ccc(CO)c(C(F)(F)F)c1. The number of alkyl halides is 3. The summed E-state index contributed by atoms with van der Waals surface area (Å²) in [5.74, 6) is 0. The number of hydrogen-bond acceptors (Lipinski definition) is 3. The summed E-state index contributed by atoms with van der Waals surface area (Å²) in [4.78, 5) is 1.57. The van der Waals surface area contributed by atoms with E-state index < -0.39 is 18.3 Å². The lowest BCUT2D eigenvalue weighted by atomic mass is 10.1. The molecule has 0 aromatic heterocycles. The third-order valence-corrected chi connectivity index (χ3v) is 2.57. The van der Waals surface area contributed by atoms with Gasteiger partial charge in [0.2, 0.25) is 0 Å². The third-order valence-electron chi connectivity index (χ3n) is 2.57. The van der Waals surface area contributed by atoms with E-state index in [0.29, 0.717) is 12.2 Å². The van der Waals surface area contributed by atoms with Crippen molar-refractivity contribution < 1.29 is 18.3 Å². The monoisotopic (exact) mass is 258 g/mol. The molecule has 0 aliphatic rings. The van der Waals surface area contributed by atoms with Crippen molar-refractivity contribution in [3.8, 4) is 6.07 Å². The first kappa shape index (κ1) is 14.3. The third kappa shape index (κ3) is 3.37. The van der Waals surface area contributed by atoms with E-state index >= 15 is 0 Å². The predicted molar refractivity (Wildman–Crippen MR) is 60.9 cm³/mol. The van der Waals surface area contributed by atoms with Gasteiger partial charge in [-0.1, -0.05) is 6.07 Å². The lowest BCUT2D eigenvalue weighted by Gasteiger charge is -2.20. The maximum atomic E-state index is 12.7. The van der Waals surface area contributed by atoms with Gasteiger partial charge in [0.1, 0.15) is 0 Å². The molecule has 0 amide bonds. The minimum absolute atomic E-state index is 0.153. The molecule has 0 radical (unpaired) electrons. The Bertz CT molecular complexity index is 452. The number of hydrogen-bond donors (Lipinski definition) is 1. The molecular formula is C12H13F3N2O. The lowest BCUT2D eigenvalue weighted by molar-refractivity contribution is -0.138. The Morgan fingerprint density at radius 1 is 1.39 bits per heavy atom. The van der Waals surface area contributed by atoms with Crippen LogP contribution in [0.1, 0.15) is 17.5 Å². The van der Waals surface area contributed by atoms with Crippen molar-refractivity contribution in [2.75, 3.05) is 18.5 Å². The molecule has 6 heteroatoms. The first-order chi connectivity index (χ1) is 8.40. The van der Waals surface area contributed by atoms with Gasteiger partial charge in [0, 0.05) is 19.3 Å². The van der Waals surface area contributed by atoms with Crippen LogP contribution in [0.15, 0.2) is 18.2 Å². The van der Waals surface area contributed by atoms with E-state index in [4.69, 9.17) is 10.4 Å². The fourth-order valence-electron chi connectivity index (χ4n) is 1.55. The zero-order chi connectivity index (χ0) is 13.8. The van der Waals surface area contributed by atoms with Crippen molar-refractivity contribution in [1.82, 2.24) is 0 Å². The zero-order valence-electron chi connectivity index (χ0n) is 9.83. The highest BCUT2D eigenvalue weighted by atomic mass is 19.4. The summed E-state index contributed by atoms with van der Waals surface area (Å²) in [7, 11) is 1.62. The first-order valence-corrected chi connectivity index (χ1v) is 5.29. The van der Waals surface area contributed by atoms with E-state index in [1.165, 1.54) is 12.1 Å². The molecule has 1 aromatic carbocycles. The van der Waals surface area contributed by atoms with Crippen LogP contribution >= 0.6 is 0 Å². The number of nitriles is 1. The van der Waals surface area contributed by atoms with Gasteiger partial charge in [-0.05, 0) is 17.7 Å². The van der Waals surface area contributed by atoms with Gasteiger partial charge in [-0.3, -0.25) is 0 Å². The molecule has 0 saturated carbocycles. The molecule has 3 nitrogen and oxygen atoms in total. The molecule has 0 aliphatic carbocycles. The summed E-state index contributed by atoms with van der Waals surface area (Å²) in [6.45, 7) is -0.302. The van der Waals surface area contributed by atoms with Gasteiger partial charge in [-0.2, -0.15) is 18.4 Å².